The van der Waals surface area contributed by atoms with Crippen molar-refractivity contribution in [3.05, 3.63) is 48.6 Å². The van der Waals surface area contributed by atoms with Gasteiger partial charge < -0.3 is 28.8 Å². The third kappa shape index (κ3) is 60.1. The number of rotatable bonds is 61. The molecule has 0 aromatic rings. The van der Waals surface area contributed by atoms with Gasteiger partial charge in [0, 0.05) is 6.42 Å². The molecular formula is C67H129N2O6P. The fourth-order valence-corrected chi connectivity index (χ4v) is 10.6. The Morgan fingerprint density at radius 1 is 0.461 bits per heavy atom. The minimum atomic E-state index is -4.61. The van der Waals surface area contributed by atoms with Crippen molar-refractivity contribution in [1.82, 2.24) is 5.32 Å². The molecule has 0 radical (unpaired) electrons. The zero-order chi connectivity index (χ0) is 55.6. The summed E-state index contributed by atoms with van der Waals surface area (Å²) in [7, 11) is 1.25. The van der Waals surface area contributed by atoms with Crippen molar-refractivity contribution < 1.29 is 32.9 Å². The number of aliphatic hydroxyl groups is 1. The van der Waals surface area contributed by atoms with Crippen LogP contribution in [0.2, 0.25) is 0 Å². The highest BCUT2D eigenvalue weighted by Crippen LogP contribution is 2.38. The summed E-state index contributed by atoms with van der Waals surface area (Å²) in [6, 6.07) is -0.907. The molecular weight excluding hydrogens is 960 g/mol. The molecule has 8 nitrogen and oxygen atoms in total. The number of likely N-dealkylation sites (N-methyl/N-ethyl adjacent to an activating group) is 1. The molecule has 0 aliphatic carbocycles. The Hall–Kier alpha value is -1.54. The van der Waals surface area contributed by atoms with Crippen LogP contribution >= 0.6 is 7.82 Å². The van der Waals surface area contributed by atoms with Gasteiger partial charge in [0.15, 0.2) is 0 Å². The van der Waals surface area contributed by atoms with Crippen LogP contribution in [-0.4, -0.2) is 68.5 Å². The fourth-order valence-electron chi connectivity index (χ4n) is 9.85. The third-order valence-electron chi connectivity index (χ3n) is 15.0. The minimum Gasteiger partial charge on any atom is -0.756 e. The Kier molecular flexibility index (Phi) is 56.9. The number of hydrogen-bond acceptors (Lipinski definition) is 6. The van der Waals surface area contributed by atoms with Crippen molar-refractivity contribution in [1.29, 1.82) is 0 Å². The molecule has 1 amide bonds. The maximum atomic E-state index is 13.0. The lowest BCUT2D eigenvalue weighted by Crippen LogP contribution is -2.45. The van der Waals surface area contributed by atoms with Crippen LogP contribution in [0.1, 0.15) is 322 Å². The van der Waals surface area contributed by atoms with Gasteiger partial charge in [0.25, 0.3) is 7.82 Å². The number of allylic oxidation sites excluding steroid dienone is 7. The van der Waals surface area contributed by atoms with Gasteiger partial charge >= 0.3 is 0 Å². The molecule has 0 fully saturated rings. The first-order valence-corrected chi connectivity index (χ1v) is 34.5. The van der Waals surface area contributed by atoms with E-state index in [9.17, 15) is 19.4 Å². The highest BCUT2D eigenvalue weighted by Gasteiger charge is 2.23. The van der Waals surface area contributed by atoms with Crippen LogP contribution in [0, 0.1) is 0 Å². The van der Waals surface area contributed by atoms with Crippen molar-refractivity contribution >= 4 is 13.7 Å². The Bertz CT molecular complexity index is 1380. The van der Waals surface area contributed by atoms with E-state index in [0.717, 1.165) is 44.9 Å². The number of amides is 1. The SMILES string of the molecule is CCCCCCC/C=C\C/C=C\CCCCCCCCCCCCCC(=O)NC(COP(=O)([O-])OCC[N+](C)(C)C)C(O)/C=C/CC/C=C/CCCCCCCCCCCCCCCCCCCCCCCCCCC. The maximum absolute atomic E-state index is 13.0. The summed E-state index contributed by atoms with van der Waals surface area (Å²) < 4.78 is 23.4. The van der Waals surface area contributed by atoms with Gasteiger partial charge in [-0.3, -0.25) is 9.36 Å². The second kappa shape index (κ2) is 58.1. The molecule has 0 bridgehead atoms. The summed E-state index contributed by atoms with van der Waals surface area (Å²) in [6.07, 6.45) is 78.0. The number of aliphatic hydroxyl groups excluding tert-OH is 1. The average molecular weight is 1090 g/mol. The molecule has 0 aromatic carbocycles. The van der Waals surface area contributed by atoms with E-state index in [1.54, 1.807) is 6.08 Å². The summed E-state index contributed by atoms with van der Waals surface area (Å²) in [5.74, 6) is -0.206. The molecule has 3 unspecified atom stereocenters. The van der Waals surface area contributed by atoms with Crippen LogP contribution in [0.5, 0.6) is 0 Å². The van der Waals surface area contributed by atoms with E-state index >= 15 is 0 Å². The second-order valence-corrected chi connectivity index (χ2v) is 25.2. The van der Waals surface area contributed by atoms with Crippen molar-refractivity contribution in [3.8, 4) is 0 Å². The Morgan fingerprint density at radius 2 is 0.776 bits per heavy atom. The van der Waals surface area contributed by atoms with Gasteiger partial charge in [0.2, 0.25) is 5.91 Å². The number of hydrogen-bond donors (Lipinski definition) is 2. The lowest BCUT2D eigenvalue weighted by atomic mass is 10.0. The normalized spacial score (nSPS) is 14.0. The number of nitrogens with zero attached hydrogens (tertiary/aromatic N) is 1. The van der Waals surface area contributed by atoms with Gasteiger partial charge in [-0.25, -0.2) is 0 Å². The Balaban J connectivity index is 4.13. The van der Waals surface area contributed by atoms with Crippen molar-refractivity contribution in [2.75, 3.05) is 40.9 Å². The van der Waals surface area contributed by atoms with Crippen LogP contribution in [0.25, 0.3) is 0 Å². The summed E-state index contributed by atoms with van der Waals surface area (Å²) >= 11 is 0. The highest BCUT2D eigenvalue weighted by molar-refractivity contribution is 7.45. The van der Waals surface area contributed by atoms with Gasteiger partial charge in [0.05, 0.1) is 39.9 Å². The molecule has 448 valence electrons. The molecule has 3 atom stereocenters. The molecule has 0 saturated carbocycles. The molecule has 0 rings (SSSR count). The van der Waals surface area contributed by atoms with Gasteiger partial charge in [-0.05, 0) is 64.2 Å². The molecule has 9 heteroatoms. The van der Waals surface area contributed by atoms with Crippen LogP contribution in [0.4, 0.5) is 0 Å². The standard InChI is InChI=1S/C67H129N2O6P/c1-6-8-10-12-14-16-18-20-22-24-26-28-30-31-32-33-34-35-36-37-39-40-42-44-46-48-50-52-54-56-58-60-66(70)65(64-75-76(72,73)74-63-62-69(3,4)5)68-67(71)61-59-57-55-53-51-49-47-45-43-41-38-29-27-25-23-21-19-17-15-13-11-9-7-2/h19,21,25,27,50,52,58,60,65-66,70H,6-18,20,22-24,26,28-49,51,53-57,59,61-64H2,1-5H3,(H-,68,71,72,73)/b21-19-,27-25-,52-50+,60-58+. The zero-order valence-electron chi connectivity index (χ0n) is 51.2. The number of phosphoric ester groups is 1. The van der Waals surface area contributed by atoms with E-state index in [2.05, 4.69) is 55.6 Å². The second-order valence-electron chi connectivity index (χ2n) is 23.8. The molecule has 0 aliphatic heterocycles. The van der Waals surface area contributed by atoms with Gasteiger partial charge in [-0.1, -0.05) is 300 Å². The topological polar surface area (TPSA) is 108 Å². The van der Waals surface area contributed by atoms with Gasteiger partial charge in [-0.2, -0.15) is 0 Å². The first kappa shape index (κ1) is 74.5. The summed E-state index contributed by atoms with van der Waals surface area (Å²) in [6.45, 7) is 4.66. The average Bonchev–Trinajstić information content (AvgIpc) is 3.38. The Labute approximate surface area is 473 Å². The van der Waals surface area contributed by atoms with Crippen molar-refractivity contribution in [2.24, 2.45) is 0 Å². The first-order chi connectivity index (χ1) is 37.0. The molecule has 0 aromatic heterocycles. The largest absolute Gasteiger partial charge is 0.756 e. The fraction of sp³-hybridized carbons (Fsp3) is 0.866. The van der Waals surface area contributed by atoms with Crippen molar-refractivity contribution in [2.45, 2.75) is 334 Å². The Morgan fingerprint density at radius 3 is 1.14 bits per heavy atom. The summed E-state index contributed by atoms with van der Waals surface area (Å²) in [4.78, 5) is 25.6. The van der Waals surface area contributed by atoms with Crippen LogP contribution in [-0.2, 0) is 18.4 Å². The third-order valence-corrected chi connectivity index (χ3v) is 16.0. The quantitative estimate of drug-likeness (QED) is 0.0272. The summed E-state index contributed by atoms with van der Waals surface area (Å²) in [5, 5.41) is 13.9. The molecule has 0 heterocycles. The molecule has 0 aliphatic rings. The molecule has 0 spiro atoms. The predicted octanol–water partition coefficient (Wildman–Crippen LogP) is 20.0. The van der Waals surface area contributed by atoms with Gasteiger partial charge in [-0.15, -0.1) is 0 Å². The van der Waals surface area contributed by atoms with Crippen molar-refractivity contribution in [3.63, 3.8) is 0 Å². The summed E-state index contributed by atoms with van der Waals surface area (Å²) in [5.41, 5.74) is 0. The lowest BCUT2D eigenvalue weighted by Gasteiger charge is -2.29. The number of carbonyl (C=O) groups excluding carboxylic acids is 1. The van der Waals surface area contributed by atoms with E-state index < -0.39 is 26.6 Å². The monoisotopic (exact) mass is 1090 g/mol. The van der Waals surface area contributed by atoms with E-state index in [-0.39, 0.29) is 12.5 Å². The van der Waals surface area contributed by atoms with Crippen LogP contribution < -0.4 is 10.2 Å². The molecule has 2 N–H and O–H groups in total. The van der Waals surface area contributed by atoms with E-state index in [1.807, 2.05) is 27.2 Å². The number of unbranched alkanes of at least 4 members (excludes halogenated alkanes) is 42. The predicted molar refractivity (Wildman–Crippen MR) is 330 cm³/mol. The van der Waals surface area contributed by atoms with Crippen LogP contribution in [0.15, 0.2) is 48.6 Å². The number of carbonyl (C=O) groups is 1. The number of nitrogens with one attached hydrogen (secondary N) is 1. The zero-order valence-corrected chi connectivity index (χ0v) is 52.1. The smallest absolute Gasteiger partial charge is 0.268 e. The minimum absolute atomic E-state index is 0.00699. The molecule has 0 saturated heterocycles. The molecule has 76 heavy (non-hydrogen) atoms. The van der Waals surface area contributed by atoms with Gasteiger partial charge in [0.1, 0.15) is 13.2 Å². The van der Waals surface area contributed by atoms with Crippen LogP contribution in [0.3, 0.4) is 0 Å². The first-order valence-electron chi connectivity index (χ1n) is 33.0. The maximum Gasteiger partial charge on any atom is 0.268 e. The van der Waals surface area contributed by atoms with E-state index in [1.165, 1.54) is 257 Å². The van der Waals surface area contributed by atoms with E-state index in [4.69, 9.17) is 9.05 Å². The number of phosphoric acid groups is 1. The number of quaternary nitrogens is 1. The highest BCUT2D eigenvalue weighted by atomic mass is 31.2. The lowest BCUT2D eigenvalue weighted by molar-refractivity contribution is -0.870. The van der Waals surface area contributed by atoms with E-state index in [0.29, 0.717) is 17.4 Å².